The topological polar surface area (TPSA) is 53.7 Å². The predicted octanol–water partition coefficient (Wildman–Crippen LogP) is 2.30. The van der Waals surface area contributed by atoms with E-state index in [2.05, 4.69) is 0 Å². The lowest BCUT2D eigenvalue weighted by molar-refractivity contribution is -0.141. The number of carbonyl (C=O) groups is 1. The van der Waals surface area contributed by atoms with Crippen molar-refractivity contribution in [1.82, 2.24) is 4.90 Å². The van der Waals surface area contributed by atoms with Gasteiger partial charge in [0.15, 0.2) is 0 Å². The van der Waals surface area contributed by atoms with E-state index in [1.165, 1.54) is 0 Å². The first-order valence-corrected chi connectivity index (χ1v) is 5.41. The second-order valence-corrected chi connectivity index (χ2v) is 4.30. The van der Waals surface area contributed by atoms with E-state index in [0.717, 1.165) is 11.5 Å². The molecule has 1 aromatic heterocycles. The zero-order valence-electron chi connectivity index (χ0n) is 10.2. The number of hydrogen-bond donors (Lipinski definition) is 1. The number of carboxylic acid groups (broad SMARTS) is 1. The van der Waals surface area contributed by atoms with Crippen molar-refractivity contribution in [3.63, 3.8) is 0 Å². The summed E-state index contributed by atoms with van der Waals surface area (Å²) in [6.07, 6.45) is 0. The molecule has 1 heterocycles. The maximum atomic E-state index is 10.7. The van der Waals surface area contributed by atoms with Crippen molar-refractivity contribution in [2.24, 2.45) is 5.92 Å². The number of carboxylic acids is 1. The minimum atomic E-state index is -0.769. The molecule has 0 aliphatic rings. The number of aryl methyl sites for hydroxylation is 1. The molecule has 4 heteroatoms. The van der Waals surface area contributed by atoms with E-state index < -0.39 is 5.97 Å². The Morgan fingerprint density at radius 1 is 1.50 bits per heavy atom. The number of furan rings is 1. The van der Waals surface area contributed by atoms with Crippen LogP contribution in [0.5, 0.6) is 0 Å². The highest BCUT2D eigenvalue weighted by atomic mass is 16.4. The van der Waals surface area contributed by atoms with Gasteiger partial charge in [0.05, 0.1) is 12.0 Å². The molecule has 1 N–H and O–H groups in total. The molecule has 0 aliphatic carbocycles. The average Bonchev–Trinajstić information content (AvgIpc) is 2.63. The van der Waals surface area contributed by atoms with Gasteiger partial charge < -0.3 is 9.52 Å². The van der Waals surface area contributed by atoms with E-state index >= 15 is 0 Å². The summed E-state index contributed by atoms with van der Waals surface area (Å²) in [4.78, 5) is 12.7. The fourth-order valence-electron chi connectivity index (χ4n) is 1.56. The zero-order chi connectivity index (χ0) is 12.3. The van der Waals surface area contributed by atoms with Crippen LogP contribution in [0.4, 0.5) is 0 Å². The Balaban J connectivity index is 2.60. The van der Waals surface area contributed by atoms with Gasteiger partial charge in [0.1, 0.15) is 11.5 Å². The van der Waals surface area contributed by atoms with Gasteiger partial charge in [-0.2, -0.15) is 0 Å². The Morgan fingerprint density at radius 2 is 2.12 bits per heavy atom. The first-order valence-electron chi connectivity index (χ1n) is 5.41. The van der Waals surface area contributed by atoms with E-state index in [9.17, 15) is 4.79 Å². The Kier molecular flexibility index (Phi) is 4.12. The number of rotatable bonds is 5. The third-order valence-corrected chi connectivity index (χ3v) is 2.82. The Bertz CT molecular complexity index is 359. The van der Waals surface area contributed by atoms with Gasteiger partial charge in [-0.25, -0.2) is 0 Å². The average molecular weight is 225 g/mol. The van der Waals surface area contributed by atoms with E-state index in [0.29, 0.717) is 6.54 Å². The van der Waals surface area contributed by atoms with E-state index in [4.69, 9.17) is 9.52 Å². The van der Waals surface area contributed by atoms with Crippen molar-refractivity contribution in [2.75, 3.05) is 13.6 Å². The maximum Gasteiger partial charge on any atom is 0.307 e. The quantitative estimate of drug-likeness (QED) is 0.835. The standard InChI is InChI=1S/C12H19NO3/c1-8(12(14)15)7-13(4)10(3)11-6-5-9(2)16-11/h5-6,8,10H,7H2,1-4H3,(H,14,15). The largest absolute Gasteiger partial charge is 0.481 e. The molecule has 4 nitrogen and oxygen atoms in total. The predicted molar refractivity (Wildman–Crippen MR) is 61.3 cm³/mol. The summed E-state index contributed by atoms with van der Waals surface area (Å²) < 4.78 is 5.52. The molecule has 0 aliphatic heterocycles. The minimum absolute atomic E-state index is 0.0931. The highest BCUT2D eigenvalue weighted by molar-refractivity contribution is 5.69. The van der Waals surface area contributed by atoms with Crippen LogP contribution in [0.25, 0.3) is 0 Å². The molecule has 0 saturated carbocycles. The molecule has 90 valence electrons. The first-order chi connectivity index (χ1) is 7.41. The normalized spacial score (nSPS) is 15.1. The first kappa shape index (κ1) is 12.8. The van der Waals surface area contributed by atoms with Gasteiger partial charge in [0.25, 0.3) is 0 Å². The van der Waals surface area contributed by atoms with E-state index in [1.54, 1.807) is 6.92 Å². The molecule has 2 unspecified atom stereocenters. The van der Waals surface area contributed by atoms with Crippen LogP contribution in [0.3, 0.4) is 0 Å². The van der Waals surface area contributed by atoms with Gasteiger partial charge in [-0.1, -0.05) is 6.92 Å². The second-order valence-electron chi connectivity index (χ2n) is 4.30. The molecule has 0 amide bonds. The summed E-state index contributed by atoms with van der Waals surface area (Å²) in [5.41, 5.74) is 0. The van der Waals surface area contributed by atoms with Crippen LogP contribution < -0.4 is 0 Å². The Morgan fingerprint density at radius 3 is 2.56 bits per heavy atom. The molecule has 0 spiro atoms. The minimum Gasteiger partial charge on any atom is -0.481 e. The zero-order valence-corrected chi connectivity index (χ0v) is 10.2. The van der Waals surface area contributed by atoms with Crippen molar-refractivity contribution in [1.29, 1.82) is 0 Å². The molecule has 1 aromatic rings. The molecule has 0 bridgehead atoms. The van der Waals surface area contributed by atoms with Crippen LogP contribution in [-0.2, 0) is 4.79 Å². The molecule has 0 fully saturated rings. The summed E-state index contributed by atoms with van der Waals surface area (Å²) in [5, 5.41) is 8.84. The number of hydrogen-bond acceptors (Lipinski definition) is 3. The second kappa shape index (κ2) is 5.16. The third kappa shape index (κ3) is 3.10. The molecular formula is C12H19NO3. The van der Waals surface area contributed by atoms with Crippen molar-refractivity contribution in [3.8, 4) is 0 Å². The molecule has 1 rings (SSSR count). The summed E-state index contributed by atoms with van der Waals surface area (Å²) >= 11 is 0. The molecule has 16 heavy (non-hydrogen) atoms. The summed E-state index contributed by atoms with van der Waals surface area (Å²) in [6.45, 7) is 6.12. The fraction of sp³-hybridized carbons (Fsp3) is 0.583. The Hall–Kier alpha value is -1.29. The summed E-state index contributed by atoms with van der Waals surface area (Å²) in [5.74, 6) is 0.609. The lowest BCUT2D eigenvalue weighted by Gasteiger charge is -2.24. The van der Waals surface area contributed by atoms with Gasteiger partial charge in [-0.05, 0) is 33.0 Å². The Labute approximate surface area is 95.9 Å². The summed E-state index contributed by atoms with van der Waals surface area (Å²) in [6, 6.07) is 3.94. The van der Waals surface area contributed by atoms with Crippen LogP contribution in [0.2, 0.25) is 0 Å². The van der Waals surface area contributed by atoms with E-state index in [1.807, 2.05) is 37.9 Å². The fourth-order valence-corrected chi connectivity index (χ4v) is 1.56. The van der Waals surface area contributed by atoms with Gasteiger partial charge in [-0.15, -0.1) is 0 Å². The van der Waals surface area contributed by atoms with Crippen molar-refractivity contribution in [2.45, 2.75) is 26.8 Å². The van der Waals surface area contributed by atoms with Crippen LogP contribution in [0, 0.1) is 12.8 Å². The molecular weight excluding hydrogens is 206 g/mol. The molecule has 0 radical (unpaired) electrons. The van der Waals surface area contributed by atoms with Crippen LogP contribution in [-0.4, -0.2) is 29.6 Å². The van der Waals surface area contributed by atoms with Crippen LogP contribution in [0.1, 0.15) is 31.4 Å². The number of aliphatic carboxylic acids is 1. The van der Waals surface area contributed by atoms with Crippen LogP contribution >= 0.6 is 0 Å². The monoisotopic (exact) mass is 225 g/mol. The van der Waals surface area contributed by atoms with Gasteiger partial charge >= 0.3 is 5.97 Å². The summed E-state index contributed by atoms with van der Waals surface area (Å²) in [7, 11) is 1.90. The number of nitrogens with zero attached hydrogens (tertiary/aromatic N) is 1. The highest BCUT2D eigenvalue weighted by Gasteiger charge is 2.20. The van der Waals surface area contributed by atoms with Crippen molar-refractivity contribution < 1.29 is 14.3 Å². The highest BCUT2D eigenvalue weighted by Crippen LogP contribution is 2.21. The van der Waals surface area contributed by atoms with Crippen molar-refractivity contribution in [3.05, 3.63) is 23.7 Å². The lowest BCUT2D eigenvalue weighted by atomic mass is 10.1. The maximum absolute atomic E-state index is 10.7. The smallest absolute Gasteiger partial charge is 0.307 e. The molecule has 0 saturated heterocycles. The lowest BCUT2D eigenvalue weighted by Crippen LogP contribution is -2.30. The molecule has 2 atom stereocenters. The van der Waals surface area contributed by atoms with Gasteiger partial charge in [0.2, 0.25) is 0 Å². The molecule has 0 aromatic carbocycles. The van der Waals surface area contributed by atoms with Crippen LogP contribution in [0.15, 0.2) is 16.5 Å². The van der Waals surface area contributed by atoms with E-state index in [-0.39, 0.29) is 12.0 Å². The van der Waals surface area contributed by atoms with Gasteiger partial charge in [-0.3, -0.25) is 9.69 Å². The van der Waals surface area contributed by atoms with Gasteiger partial charge in [0, 0.05) is 6.54 Å². The van der Waals surface area contributed by atoms with Crippen molar-refractivity contribution >= 4 is 5.97 Å². The SMILES string of the molecule is Cc1ccc(C(C)N(C)CC(C)C(=O)O)o1. The third-order valence-electron chi connectivity index (χ3n) is 2.82.